The van der Waals surface area contributed by atoms with E-state index in [1.165, 1.54) is 25.7 Å². The maximum absolute atomic E-state index is 5.40. The number of aliphatic imine (C=N–C) groups is 1. The van der Waals surface area contributed by atoms with Crippen LogP contribution in [0.25, 0.3) is 0 Å². The Morgan fingerprint density at radius 3 is 2.37 bits per heavy atom. The lowest BCUT2D eigenvalue weighted by Crippen LogP contribution is -2.43. The van der Waals surface area contributed by atoms with E-state index >= 15 is 0 Å². The molecular weight excluding hydrogens is 410 g/mol. The van der Waals surface area contributed by atoms with Gasteiger partial charge in [0, 0.05) is 38.3 Å². The quantitative estimate of drug-likeness (QED) is 0.451. The van der Waals surface area contributed by atoms with E-state index < -0.39 is 0 Å². The summed E-state index contributed by atoms with van der Waals surface area (Å²) in [6.45, 7) is 2.36. The minimum absolute atomic E-state index is 0.317. The van der Waals surface area contributed by atoms with Gasteiger partial charge in [0.05, 0.1) is 14.2 Å². The molecule has 0 amide bonds. The standard InChI is InChI=1S/C20H32BrN3O3/c1-22-19(24-14-20(9-10-25-2)7-5-6-8-20)23-13-15-11-17(26-3)18(27-4)12-16(15)21/h11-12H,5-10,13-14H2,1-4H3,(H2,22,23,24). The number of guanidine groups is 1. The molecule has 0 aliphatic heterocycles. The van der Waals surface area contributed by atoms with E-state index in [0.717, 1.165) is 35.6 Å². The Morgan fingerprint density at radius 1 is 1.11 bits per heavy atom. The Balaban J connectivity index is 1.95. The third kappa shape index (κ3) is 6.01. The number of rotatable bonds is 9. The Kier molecular flexibility index (Phi) is 8.70. The van der Waals surface area contributed by atoms with Crippen LogP contribution in [-0.2, 0) is 11.3 Å². The number of hydrogen-bond donors (Lipinski definition) is 2. The van der Waals surface area contributed by atoms with E-state index in [-0.39, 0.29) is 0 Å². The predicted octanol–water partition coefficient (Wildman–Crippen LogP) is 3.73. The molecule has 152 valence electrons. The molecule has 2 N–H and O–H groups in total. The second-order valence-corrected chi connectivity index (χ2v) is 7.88. The first kappa shape index (κ1) is 21.8. The predicted molar refractivity (Wildman–Crippen MR) is 113 cm³/mol. The lowest BCUT2D eigenvalue weighted by Gasteiger charge is -2.30. The van der Waals surface area contributed by atoms with Crippen molar-refractivity contribution < 1.29 is 14.2 Å². The minimum Gasteiger partial charge on any atom is -0.493 e. The molecule has 7 heteroatoms. The SMILES string of the molecule is CN=C(NCc1cc(OC)c(OC)cc1Br)NCC1(CCOC)CCCC1. The molecule has 1 fully saturated rings. The van der Waals surface area contributed by atoms with E-state index in [9.17, 15) is 0 Å². The maximum Gasteiger partial charge on any atom is 0.191 e. The smallest absolute Gasteiger partial charge is 0.191 e. The fourth-order valence-corrected chi connectivity index (χ4v) is 4.12. The van der Waals surface area contributed by atoms with E-state index in [2.05, 4.69) is 31.6 Å². The molecule has 0 radical (unpaired) electrons. The third-order valence-electron chi connectivity index (χ3n) is 5.35. The van der Waals surface area contributed by atoms with Gasteiger partial charge in [-0.25, -0.2) is 0 Å². The highest BCUT2D eigenvalue weighted by atomic mass is 79.9. The first-order valence-corrected chi connectivity index (χ1v) is 10.2. The number of ether oxygens (including phenoxy) is 3. The molecule has 1 aliphatic carbocycles. The van der Waals surface area contributed by atoms with Gasteiger partial charge in [-0.3, -0.25) is 4.99 Å². The summed E-state index contributed by atoms with van der Waals surface area (Å²) in [4.78, 5) is 4.37. The van der Waals surface area contributed by atoms with Crippen LogP contribution in [-0.4, -0.2) is 47.5 Å². The summed E-state index contributed by atoms with van der Waals surface area (Å²) in [6, 6.07) is 3.89. The Labute approximate surface area is 171 Å². The fraction of sp³-hybridized carbons (Fsp3) is 0.650. The highest BCUT2D eigenvalue weighted by Crippen LogP contribution is 2.40. The second-order valence-electron chi connectivity index (χ2n) is 7.03. The highest BCUT2D eigenvalue weighted by molar-refractivity contribution is 9.10. The summed E-state index contributed by atoms with van der Waals surface area (Å²) in [5.41, 5.74) is 1.39. The topological polar surface area (TPSA) is 64.1 Å². The van der Waals surface area contributed by atoms with Crippen molar-refractivity contribution in [2.75, 3.05) is 41.5 Å². The van der Waals surface area contributed by atoms with Crippen LogP contribution in [0.3, 0.4) is 0 Å². The summed E-state index contributed by atoms with van der Waals surface area (Å²) < 4.78 is 17.0. The van der Waals surface area contributed by atoms with Crippen molar-refractivity contribution in [2.24, 2.45) is 10.4 Å². The largest absolute Gasteiger partial charge is 0.493 e. The van der Waals surface area contributed by atoms with E-state index in [1.807, 2.05) is 12.1 Å². The van der Waals surface area contributed by atoms with Crippen LogP contribution in [0.4, 0.5) is 0 Å². The van der Waals surface area contributed by atoms with Crippen molar-refractivity contribution in [3.63, 3.8) is 0 Å². The molecule has 2 rings (SSSR count). The molecule has 0 saturated heterocycles. The molecule has 0 spiro atoms. The van der Waals surface area contributed by atoms with Crippen LogP contribution >= 0.6 is 15.9 Å². The van der Waals surface area contributed by atoms with Gasteiger partial charge >= 0.3 is 0 Å². The monoisotopic (exact) mass is 441 g/mol. The number of benzene rings is 1. The molecule has 6 nitrogen and oxygen atoms in total. The van der Waals surface area contributed by atoms with Crippen molar-refractivity contribution in [3.8, 4) is 11.5 Å². The zero-order valence-corrected chi connectivity index (χ0v) is 18.4. The van der Waals surface area contributed by atoms with Crippen LogP contribution in [0.1, 0.15) is 37.7 Å². The Hall–Kier alpha value is -1.47. The molecule has 1 aromatic rings. The molecule has 0 atom stereocenters. The second kappa shape index (κ2) is 10.8. The van der Waals surface area contributed by atoms with Gasteiger partial charge in [0.2, 0.25) is 0 Å². The van der Waals surface area contributed by atoms with Crippen molar-refractivity contribution in [2.45, 2.75) is 38.6 Å². The van der Waals surface area contributed by atoms with Crippen molar-refractivity contribution in [3.05, 3.63) is 22.2 Å². The molecule has 0 heterocycles. The molecule has 0 unspecified atom stereocenters. The zero-order valence-electron chi connectivity index (χ0n) is 16.9. The van der Waals surface area contributed by atoms with Gasteiger partial charge in [-0.1, -0.05) is 28.8 Å². The molecular formula is C20H32BrN3O3. The van der Waals surface area contributed by atoms with E-state index in [0.29, 0.717) is 23.5 Å². The lowest BCUT2D eigenvalue weighted by atomic mass is 9.83. The number of nitrogens with one attached hydrogen (secondary N) is 2. The first-order valence-electron chi connectivity index (χ1n) is 9.41. The molecule has 1 aromatic carbocycles. The van der Waals surface area contributed by atoms with Crippen LogP contribution in [0, 0.1) is 5.41 Å². The van der Waals surface area contributed by atoms with Crippen LogP contribution in [0.5, 0.6) is 11.5 Å². The zero-order chi connectivity index (χ0) is 19.7. The van der Waals surface area contributed by atoms with E-state index in [1.54, 1.807) is 28.4 Å². The average molecular weight is 442 g/mol. The van der Waals surface area contributed by atoms with Gasteiger partial charge < -0.3 is 24.8 Å². The summed E-state index contributed by atoms with van der Waals surface area (Å²) >= 11 is 3.60. The summed E-state index contributed by atoms with van der Waals surface area (Å²) in [6.07, 6.45) is 6.20. The van der Waals surface area contributed by atoms with Crippen LogP contribution < -0.4 is 20.1 Å². The number of nitrogens with zero attached hydrogens (tertiary/aromatic N) is 1. The fourth-order valence-electron chi connectivity index (χ4n) is 3.66. The molecule has 0 bridgehead atoms. The normalized spacial score (nSPS) is 16.3. The van der Waals surface area contributed by atoms with Gasteiger partial charge in [0.1, 0.15) is 0 Å². The van der Waals surface area contributed by atoms with Gasteiger partial charge in [-0.15, -0.1) is 0 Å². The van der Waals surface area contributed by atoms with Gasteiger partial charge in [0.25, 0.3) is 0 Å². The van der Waals surface area contributed by atoms with Crippen LogP contribution in [0.2, 0.25) is 0 Å². The Bertz CT molecular complexity index is 631. The lowest BCUT2D eigenvalue weighted by molar-refractivity contribution is 0.138. The third-order valence-corrected chi connectivity index (χ3v) is 6.09. The number of methoxy groups -OCH3 is 3. The van der Waals surface area contributed by atoms with Crippen molar-refractivity contribution in [1.29, 1.82) is 0 Å². The number of halogens is 1. The highest BCUT2D eigenvalue weighted by Gasteiger charge is 2.33. The van der Waals surface area contributed by atoms with Gasteiger partial charge in [0.15, 0.2) is 17.5 Å². The van der Waals surface area contributed by atoms with Gasteiger partial charge in [-0.05, 0) is 42.4 Å². The molecule has 1 aliphatic rings. The molecule has 1 saturated carbocycles. The maximum atomic E-state index is 5.40. The van der Waals surface area contributed by atoms with Crippen molar-refractivity contribution >= 4 is 21.9 Å². The van der Waals surface area contributed by atoms with E-state index in [4.69, 9.17) is 14.2 Å². The van der Waals surface area contributed by atoms with Crippen molar-refractivity contribution in [1.82, 2.24) is 10.6 Å². The number of hydrogen-bond acceptors (Lipinski definition) is 4. The minimum atomic E-state index is 0.317. The first-order chi connectivity index (χ1) is 13.1. The van der Waals surface area contributed by atoms with Gasteiger partial charge in [-0.2, -0.15) is 0 Å². The Morgan fingerprint density at radius 2 is 1.78 bits per heavy atom. The average Bonchev–Trinajstić information content (AvgIpc) is 3.16. The molecule has 27 heavy (non-hydrogen) atoms. The summed E-state index contributed by atoms with van der Waals surface area (Å²) in [7, 11) is 6.86. The summed E-state index contributed by atoms with van der Waals surface area (Å²) in [5.74, 6) is 2.22. The molecule has 0 aromatic heterocycles. The van der Waals surface area contributed by atoms with Crippen LogP contribution in [0.15, 0.2) is 21.6 Å². The summed E-state index contributed by atoms with van der Waals surface area (Å²) in [5, 5.41) is 6.91.